The number of rotatable bonds is 5. The summed E-state index contributed by atoms with van der Waals surface area (Å²) >= 11 is 0. The summed E-state index contributed by atoms with van der Waals surface area (Å²) in [6, 6.07) is 7.58. The van der Waals surface area contributed by atoms with Gasteiger partial charge in [-0.05, 0) is 29.8 Å². The van der Waals surface area contributed by atoms with Crippen LogP contribution in [0.25, 0.3) is 10.4 Å². The maximum Gasteiger partial charge on any atom is 0.414 e. The molecule has 2 heterocycles. The van der Waals surface area contributed by atoms with Gasteiger partial charge in [0.1, 0.15) is 24.8 Å². The van der Waals surface area contributed by atoms with Gasteiger partial charge in [0.25, 0.3) is 0 Å². The Morgan fingerprint density at radius 3 is 2.34 bits per heavy atom. The van der Waals surface area contributed by atoms with Crippen molar-refractivity contribution >= 4 is 29.9 Å². The normalized spacial score (nSPS) is 20.1. The smallest absolute Gasteiger partial charge is 0.414 e. The molecule has 4 rings (SSSR count). The molecule has 1 amide bonds. The van der Waals surface area contributed by atoms with E-state index in [0.717, 1.165) is 17.0 Å². The molecule has 0 bridgehead atoms. The Kier molecular flexibility index (Phi) is 6.04. The van der Waals surface area contributed by atoms with Crippen molar-refractivity contribution in [2.75, 3.05) is 48.3 Å². The van der Waals surface area contributed by atoms with Gasteiger partial charge in [-0.15, -0.1) is 0 Å². The number of carbonyl (C=O) groups excluding carboxylic acids is 1. The molecule has 32 heavy (non-hydrogen) atoms. The third-order valence-corrected chi connectivity index (χ3v) is 8.70. The lowest BCUT2D eigenvalue weighted by Crippen LogP contribution is -2.38. The van der Waals surface area contributed by atoms with Crippen LogP contribution in [0.5, 0.6) is 0 Å². The van der Waals surface area contributed by atoms with Crippen LogP contribution in [0.4, 0.5) is 29.3 Å². The summed E-state index contributed by atoms with van der Waals surface area (Å²) in [5.41, 5.74) is 8.12. The first-order valence-corrected chi connectivity index (χ1v) is 12.0. The van der Waals surface area contributed by atoms with Gasteiger partial charge in [0, 0.05) is 47.8 Å². The molecule has 2 aliphatic heterocycles. The molecule has 2 aliphatic rings. The zero-order valence-electron chi connectivity index (χ0n) is 16.8. The molecule has 2 aromatic carbocycles. The third-order valence-electron chi connectivity index (χ3n) is 5.61. The largest absolute Gasteiger partial charge is 0.444 e. The van der Waals surface area contributed by atoms with Crippen molar-refractivity contribution < 1.29 is 27.3 Å². The number of hydrogen-bond donors (Lipinski definition) is 0. The molecule has 168 valence electrons. The second-order valence-corrected chi connectivity index (χ2v) is 10.8. The summed E-state index contributed by atoms with van der Waals surface area (Å²) in [6.07, 6.45) is -1.07. The molecular formula is C20H19F3N5O3P. The van der Waals surface area contributed by atoms with Gasteiger partial charge in [-0.3, -0.25) is 4.90 Å². The summed E-state index contributed by atoms with van der Waals surface area (Å²) in [5, 5.41) is 3.90. The van der Waals surface area contributed by atoms with E-state index in [1.807, 2.05) is 0 Å². The summed E-state index contributed by atoms with van der Waals surface area (Å²) < 4.78 is 61.2. The van der Waals surface area contributed by atoms with Gasteiger partial charge < -0.3 is 14.2 Å². The fourth-order valence-electron chi connectivity index (χ4n) is 3.95. The monoisotopic (exact) mass is 465 g/mol. The number of nitrogens with zero attached hydrogens (tertiary/aromatic N) is 5. The Balaban J connectivity index is 1.50. The molecule has 0 saturated carbocycles. The molecule has 0 spiro atoms. The highest BCUT2D eigenvalue weighted by Gasteiger charge is 2.35. The minimum atomic E-state index is -2.78. The lowest BCUT2D eigenvalue weighted by atomic mass is 10.2. The lowest BCUT2D eigenvalue weighted by molar-refractivity contribution is 0.145. The number of azide groups is 1. The second-order valence-electron chi connectivity index (χ2n) is 7.59. The van der Waals surface area contributed by atoms with E-state index >= 15 is 0 Å². The molecule has 2 aromatic rings. The highest BCUT2D eigenvalue weighted by Crippen LogP contribution is 2.47. The van der Waals surface area contributed by atoms with Crippen molar-refractivity contribution in [2.45, 2.75) is 6.10 Å². The lowest BCUT2D eigenvalue weighted by Gasteiger charge is -2.34. The van der Waals surface area contributed by atoms with Crippen LogP contribution in [0.15, 0.2) is 41.5 Å². The molecule has 1 unspecified atom stereocenters. The van der Waals surface area contributed by atoms with E-state index in [1.54, 1.807) is 0 Å². The first kappa shape index (κ1) is 22.0. The van der Waals surface area contributed by atoms with Gasteiger partial charge in [-0.1, -0.05) is 5.11 Å². The van der Waals surface area contributed by atoms with Crippen LogP contribution in [-0.2, 0) is 9.30 Å². The summed E-state index contributed by atoms with van der Waals surface area (Å²) in [4.78, 5) is 17.2. The van der Waals surface area contributed by atoms with Gasteiger partial charge in [-0.2, -0.15) is 0 Å². The van der Waals surface area contributed by atoms with E-state index in [9.17, 15) is 22.5 Å². The van der Waals surface area contributed by atoms with E-state index in [4.69, 9.17) is 10.3 Å². The van der Waals surface area contributed by atoms with Crippen LogP contribution in [0.3, 0.4) is 0 Å². The van der Waals surface area contributed by atoms with Gasteiger partial charge in [0.2, 0.25) is 0 Å². The van der Waals surface area contributed by atoms with Crippen LogP contribution < -0.4 is 15.1 Å². The fraction of sp³-hybridized carbons (Fsp3) is 0.350. The number of carbonyl (C=O) groups is 1. The molecule has 1 atom stereocenters. The number of cyclic esters (lactones) is 1. The van der Waals surface area contributed by atoms with Gasteiger partial charge >= 0.3 is 6.09 Å². The predicted octanol–water partition coefficient (Wildman–Crippen LogP) is 4.25. The molecule has 12 heteroatoms. The third kappa shape index (κ3) is 4.26. The van der Waals surface area contributed by atoms with Crippen molar-refractivity contribution in [2.24, 2.45) is 5.11 Å². The van der Waals surface area contributed by atoms with Crippen LogP contribution in [0, 0.1) is 17.5 Å². The number of hydrogen-bond acceptors (Lipinski definition) is 5. The fourth-order valence-corrected chi connectivity index (χ4v) is 6.51. The van der Waals surface area contributed by atoms with E-state index in [-0.39, 0.29) is 49.9 Å². The Bertz CT molecular complexity index is 1100. The number of anilines is 2. The van der Waals surface area contributed by atoms with Gasteiger partial charge in [-0.25, -0.2) is 18.0 Å². The zero-order chi connectivity index (χ0) is 22.9. The molecular weight excluding hydrogens is 446 g/mol. The van der Waals surface area contributed by atoms with Crippen LogP contribution in [-0.4, -0.2) is 50.7 Å². The minimum Gasteiger partial charge on any atom is -0.444 e. The molecule has 2 fully saturated rings. The zero-order valence-corrected chi connectivity index (χ0v) is 17.7. The highest BCUT2D eigenvalue weighted by atomic mass is 31.2. The van der Waals surface area contributed by atoms with Crippen molar-refractivity contribution in [3.05, 3.63) is 64.3 Å². The number of halogens is 3. The van der Waals surface area contributed by atoms with Crippen molar-refractivity contribution in [1.29, 1.82) is 0 Å². The SMILES string of the molecule is [N-]=[N+]=NCC1CN(c2cc(F)c(N3CCP(=O)(c4ccc(F)cc4)CC3)c(F)c2)C(=O)O1. The Morgan fingerprint density at radius 1 is 1.12 bits per heavy atom. The highest BCUT2D eigenvalue weighted by molar-refractivity contribution is 7.71. The first-order valence-electron chi connectivity index (χ1n) is 9.88. The van der Waals surface area contributed by atoms with Gasteiger partial charge in [0.05, 0.1) is 18.8 Å². The van der Waals surface area contributed by atoms with E-state index in [1.165, 1.54) is 29.2 Å². The van der Waals surface area contributed by atoms with Gasteiger partial charge in [0.15, 0.2) is 11.6 Å². The predicted molar refractivity (Wildman–Crippen MR) is 114 cm³/mol. The average molecular weight is 465 g/mol. The van der Waals surface area contributed by atoms with E-state index in [0.29, 0.717) is 5.30 Å². The summed E-state index contributed by atoms with van der Waals surface area (Å²) in [6.45, 7) is 0.258. The number of amides is 1. The first-order chi connectivity index (χ1) is 15.3. The molecule has 2 saturated heterocycles. The Hall–Kier alpha value is -3.16. The van der Waals surface area contributed by atoms with Crippen LogP contribution in [0.2, 0.25) is 0 Å². The average Bonchev–Trinajstić information content (AvgIpc) is 3.14. The van der Waals surface area contributed by atoms with E-state index < -0.39 is 36.8 Å². The van der Waals surface area contributed by atoms with E-state index in [2.05, 4.69) is 10.0 Å². The Labute approximate surface area is 181 Å². The van der Waals surface area contributed by atoms with Crippen molar-refractivity contribution in [3.8, 4) is 0 Å². The van der Waals surface area contributed by atoms with Crippen molar-refractivity contribution in [3.63, 3.8) is 0 Å². The van der Waals surface area contributed by atoms with Crippen LogP contribution >= 0.6 is 7.14 Å². The number of benzene rings is 2. The molecule has 8 nitrogen and oxygen atoms in total. The topological polar surface area (TPSA) is 98.6 Å². The maximum absolute atomic E-state index is 14.9. The quantitative estimate of drug-likeness (QED) is 0.285. The molecule has 0 radical (unpaired) electrons. The summed E-state index contributed by atoms with van der Waals surface area (Å²) in [5.74, 6) is -2.14. The minimum absolute atomic E-state index is 0.000641. The summed E-state index contributed by atoms with van der Waals surface area (Å²) in [7, 11) is -2.78. The molecule has 0 N–H and O–H groups in total. The molecule has 0 aliphatic carbocycles. The van der Waals surface area contributed by atoms with Crippen LogP contribution in [0.1, 0.15) is 0 Å². The Morgan fingerprint density at radius 2 is 1.75 bits per heavy atom. The standard InChI is InChI=1S/C20H19F3N5O3P/c21-13-1-3-16(4-2-13)32(30)7-5-27(6-8-32)19-17(22)9-14(10-18(19)23)28-12-15(11-25-26-24)31-20(28)29/h1-4,9-10,15H,5-8,11-12H2. The molecule has 0 aromatic heterocycles. The second kappa shape index (κ2) is 8.76. The maximum atomic E-state index is 14.9. The number of ether oxygens (including phenoxy) is 1. The van der Waals surface area contributed by atoms with Crippen molar-refractivity contribution in [1.82, 2.24) is 0 Å².